The van der Waals surface area contributed by atoms with E-state index >= 15 is 0 Å². The van der Waals surface area contributed by atoms with Crippen LogP contribution in [0.2, 0.25) is 0 Å². The van der Waals surface area contributed by atoms with Crippen molar-refractivity contribution in [2.75, 3.05) is 23.3 Å². The standard InChI is InChI=1S/C22H22N4O/c1-16-4-10-20(11-5-16)25-21(27)18-8-6-17(7-9-18)19-14-23-22(24-15-19)26-12-2-3-13-26/h4-11,14-15H,2-3,12-13H2,1H3,(H,25,27). The molecule has 3 aromatic rings. The van der Waals surface area contributed by atoms with Crippen LogP contribution in [0.4, 0.5) is 11.6 Å². The number of benzene rings is 2. The molecule has 0 atom stereocenters. The molecule has 2 aromatic carbocycles. The number of hydrogen-bond acceptors (Lipinski definition) is 4. The van der Waals surface area contributed by atoms with E-state index in [1.165, 1.54) is 12.8 Å². The molecule has 1 amide bonds. The van der Waals surface area contributed by atoms with Crippen LogP contribution in [-0.4, -0.2) is 29.0 Å². The number of aromatic nitrogens is 2. The molecule has 5 nitrogen and oxygen atoms in total. The third kappa shape index (κ3) is 3.97. The fraction of sp³-hybridized carbons (Fsp3) is 0.227. The van der Waals surface area contributed by atoms with Crippen molar-refractivity contribution in [1.29, 1.82) is 0 Å². The number of carbonyl (C=O) groups is 1. The van der Waals surface area contributed by atoms with E-state index in [4.69, 9.17) is 0 Å². The second-order valence-electron chi connectivity index (χ2n) is 6.86. The van der Waals surface area contributed by atoms with Gasteiger partial charge in [0.05, 0.1) is 0 Å². The van der Waals surface area contributed by atoms with Crippen LogP contribution in [-0.2, 0) is 0 Å². The molecular formula is C22H22N4O. The summed E-state index contributed by atoms with van der Waals surface area (Å²) in [6.07, 6.45) is 6.11. The van der Waals surface area contributed by atoms with Gasteiger partial charge in [0.2, 0.25) is 5.95 Å². The first-order valence-corrected chi connectivity index (χ1v) is 9.24. The van der Waals surface area contributed by atoms with Gasteiger partial charge in [0, 0.05) is 42.3 Å². The normalized spacial score (nSPS) is 13.6. The van der Waals surface area contributed by atoms with Crippen molar-refractivity contribution in [2.24, 2.45) is 0 Å². The highest BCUT2D eigenvalue weighted by atomic mass is 16.1. The highest BCUT2D eigenvalue weighted by Gasteiger charge is 2.14. The van der Waals surface area contributed by atoms with Crippen LogP contribution >= 0.6 is 0 Å². The lowest BCUT2D eigenvalue weighted by molar-refractivity contribution is 0.102. The smallest absolute Gasteiger partial charge is 0.255 e. The van der Waals surface area contributed by atoms with Gasteiger partial charge in [-0.25, -0.2) is 9.97 Å². The maximum atomic E-state index is 12.4. The molecule has 1 aliphatic rings. The van der Waals surface area contributed by atoms with E-state index in [1.54, 1.807) is 0 Å². The summed E-state index contributed by atoms with van der Waals surface area (Å²) in [5.41, 5.74) is 4.52. The van der Waals surface area contributed by atoms with Crippen LogP contribution in [0.3, 0.4) is 0 Å². The third-order valence-corrected chi connectivity index (χ3v) is 4.82. The number of hydrogen-bond donors (Lipinski definition) is 1. The molecule has 27 heavy (non-hydrogen) atoms. The van der Waals surface area contributed by atoms with E-state index in [9.17, 15) is 4.79 Å². The minimum Gasteiger partial charge on any atom is -0.341 e. The van der Waals surface area contributed by atoms with Gasteiger partial charge < -0.3 is 10.2 Å². The van der Waals surface area contributed by atoms with Crippen molar-refractivity contribution in [3.63, 3.8) is 0 Å². The lowest BCUT2D eigenvalue weighted by Crippen LogP contribution is -2.20. The quantitative estimate of drug-likeness (QED) is 0.755. The molecule has 136 valence electrons. The Hall–Kier alpha value is -3.21. The molecule has 1 saturated heterocycles. The van der Waals surface area contributed by atoms with E-state index < -0.39 is 0 Å². The lowest BCUT2D eigenvalue weighted by Gasteiger charge is -2.14. The van der Waals surface area contributed by atoms with Crippen molar-refractivity contribution in [2.45, 2.75) is 19.8 Å². The number of aryl methyl sites for hydroxylation is 1. The number of rotatable bonds is 4. The highest BCUT2D eigenvalue weighted by molar-refractivity contribution is 6.04. The van der Waals surface area contributed by atoms with E-state index in [1.807, 2.05) is 67.8 Å². The molecule has 2 heterocycles. The molecule has 0 saturated carbocycles. The summed E-state index contributed by atoms with van der Waals surface area (Å²) in [5.74, 6) is 0.677. The Kier molecular flexibility index (Phi) is 4.83. The van der Waals surface area contributed by atoms with Crippen LogP contribution in [0.5, 0.6) is 0 Å². The second kappa shape index (κ2) is 7.58. The maximum Gasteiger partial charge on any atom is 0.255 e. The van der Waals surface area contributed by atoms with Gasteiger partial charge in [-0.2, -0.15) is 0 Å². The fourth-order valence-corrected chi connectivity index (χ4v) is 3.20. The zero-order valence-corrected chi connectivity index (χ0v) is 15.4. The Balaban J connectivity index is 1.45. The number of carbonyl (C=O) groups excluding carboxylic acids is 1. The van der Waals surface area contributed by atoms with Crippen molar-refractivity contribution >= 4 is 17.5 Å². The lowest BCUT2D eigenvalue weighted by atomic mass is 10.1. The average molecular weight is 358 g/mol. The number of anilines is 2. The fourth-order valence-electron chi connectivity index (χ4n) is 3.20. The monoisotopic (exact) mass is 358 g/mol. The Morgan fingerprint density at radius 2 is 1.52 bits per heavy atom. The Bertz CT molecular complexity index is 912. The summed E-state index contributed by atoms with van der Waals surface area (Å²) in [4.78, 5) is 23.6. The molecule has 0 spiro atoms. The highest BCUT2D eigenvalue weighted by Crippen LogP contribution is 2.21. The first kappa shape index (κ1) is 17.2. The zero-order chi connectivity index (χ0) is 18.6. The van der Waals surface area contributed by atoms with E-state index in [0.717, 1.165) is 41.4 Å². The Morgan fingerprint density at radius 1 is 0.889 bits per heavy atom. The first-order chi connectivity index (χ1) is 13.2. The third-order valence-electron chi connectivity index (χ3n) is 4.82. The van der Waals surface area contributed by atoms with Gasteiger partial charge in [0.15, 0.2) is 0 Å². The summed E-state index contributed by atoms with van der Waals surface area (Å²) in [6, 6.07) is 15.3. The van der Waals surface area contributed by atoms with Gasteiger partial charge in [0.25, 0.3) is 5.91 Å². The Labute approximate surface area is 159 Å². The summed E-state index contributed by atoms with van der Waals surface area (Å²) >= 11 is 0. The summed E-state index contributed by atoms with van der Waals surface area (Å²) < 4.78 is 0. The minimum atomic E-state index is -0.119. The van der Waals surface area contributed by atoms with Gasteiger partial charge in [-0.15, -0.1) is 0 Å². The first-order valence-electron chi connectivity index (χ1n) is 9.24. The zero-order valence-electron chi connectivity index (χ0n) is 15.4. The van der Waals surface area contributed by atoms with E-state index in [2.05, 4.69) is 20.2 Å². The van der Waals surface area contributed by atoms with Crippen LogP contribution in [0.25, 0.3) is 11.1 Å². The molecule has 5 heteroatoms. The molecule has 0 unspecified atom stereocenters. The van der Waals surface area contributed by atoms with Crippen molar-refractivity contribution in [3.8, 4) is 11.1 Å². The van der Waals surface area contributed by atoms with Crippen molar-refractivity contribution < 1.29 is 4.79 Å². The van der Waals surface area contributed by atoms with Crippen LogP contribution in [0.1, 0.15) is 28.8 Å². The molecule has 1 N–H and O–H groups in total. The van der Waals surface area contributed by atoms with Crippen molar-refractivity contribution in [3.05, 3.63) is 72.1 Å². The van der Waals surface area contributed by atoms with Gasteiger partial charge in [-0.3, -0.25) is 4.79 Å². The van der Waals surface area contributed by atoms with E-state index in [-0.39, 0.29) is 5.91 Å². The molecule has 0 bridgehead atoms. The van der Waals surface area contributed by atoms with Crippen LogP contribution in [0, 0.1) is 6.92 Å². The van der Waals surface area contributed by atoms with E-state index in [0.29, 0.717) is 5.56 Å². The average Bonchev–Trinajstić information content (AvgIpc) is 3.25. The molecule has 1 aliphatic heterocycles. The summed E-state index contributed by atoms with van der Waals surface area (Å²) in [5, 5.41) is 2.91. The molecule has 0 aliphatic carbocycles. The topological polar surface area (TPSA) is 58.1 Å². The number of amides is 1. The predicted molar refractivity (Wildman–Crippen MR) is 108 cm³/mol. The van der Waals surface area contributed by atoms with Crippen molar-refractivity contribution in [1.82, 2.24) is 9.97 Å². The van der Waals surface area contributed by atoms with Gasteiger partial charge in [-0.05, 0) is 49.6 Å². The second-order valence-corrected chi connectivity index (χ2v) is 6.86. The number of nitrogens with one attached hydrogen (secondary N) is 1. The van der Waals surface area contributed by atoms with Gasteiger partial charge >= 0.3 is 0 Å². The summed E-state index contributed by atoms with van der Waals surface area (Å²) in [7, 11) is 0. The largest absolute Gasteiger partial charge is 0.341 e. The number of nitrogens with zero attached hydrogens (tertiary/aromatic N) is 3. The van der Waals surface area contributed by atoms with Gasteiger partial charge in [0.1, 0.15) is 0 Å². The molecule has 0 radical (unpaired) electrons. The molecule has 1 aromatic heterocycles. The van der Waals surface area contributed by atoms with Gasteiger partial charge in [-0.1, -0.05) is 29.8 Å². The molecule has 1 fully saturated rings. The Morgan fingerprint density at radius 3 is 2.15 bits per heavy atom. The van der Waals surface area contributed by atoms with Crippen LogP contribution < -0.4 is 10.2 Å². The predicted octanol–water partition coefficient (Wildman–Crippen LogP) is 4.30. The summed E-state index contributed by atoms with van der Waals surface area (Å²) in [6.45, 7) is 4.08. The molecular weight excluding hydrogens is 336 g/mol. The SMILES string of the molecule is Cc1ccc(NC(=O)c2ccc(-c3cnc(N4CCCC4)nc3)cc2)cc1. The maximum absolute atomic E-state index is 12.4. The molecule has 4 rings (SSSR count). The van der Waals surface area contributed by atoms with Crippen LogP contribution in [0.15, 0.2) is 60.9 Å². The minimum absolute atomic E-state index is 0.119.